The Hall–Kier alpha value is -4.43. The lowest BCUT2D eigenvalue weighted by atomic mass is 10.0. The van der Waals surface area contributed by atoms with Crippen molar-refractivity contribution in [2.45, 2.75) is 77.9 Å². The summed E-state index contributed by atoms with van der Waals surface area (Å²) in [4.78, 5) is 30.3. The number of hydrogen-bond donors (Lipinski definition) is 1. The second-order valence-electron chi connectivity index (χ2n) is 12.1. The van der Waals surface area contributed by atoms with Crippen molar-refractivity contribution in [3.05, 3.63) is 130 Å². The van der Waals surface area contributed by atoms with Gasteiger partial charge in [-0.2, -0.15) is 0 Å². The van der Waals surface area contributed by atoms with Crippen molar-refractivity contribution in [2.24, 2.45) is 0 Å². The molecule has 0 saturated carbocycles. The number of benzene rings is 4. The first-order valence-corrected chi connectivity index (χ1v) is 17.2. The highest BCUT2D eigenvalue weighted by Crippen LogP contribution is 2.29. The first-order chi connectivity index (χ1) is 21.9. The zero-order valence-corrected chi connectivity index (χ0v) is 28.5. The molecule has 0 unspecified atom stereocenters. The van der Waals surface area contributed by atoms with Gasteiger partial charge in [0.25, 0.3) is 10.0 Å². The highest BCUT2D eigenvalue weighted by molar-refractivity contribution is 7.92. The fraction of sp³-hybridized carbons (Fsp3) is 0.316. The molecule has 8 heteroatoms. The van der Waals surface area contributed by atoms with Gasteiger partial charge in [-0.3, -0.25) is 13.9 Å². The number of nitrogens with one attached hydrogen (secondary N) is 1. The molecule has 0 heterocycles. The van der Waals surface area contributed by atoms with Gasteiger partial charge in [0.1, 0.15) is 12.6 Å². The van der Waals surface area contributed by atoms with Gasteiger partial charge in [0.2, 0.25) is 11.8 Å². The van der Waals surface area contributed by atoms with Gasteiger partial charge in [0.05, 0.1) is 10.6 Å². The van der Waals surface area contributed by atoms with Crippen molar-refractivity contribution in [2.75, 3.05) is 10.8 Å². The molecular formula is C38H45N3O4S. The van der Waals surface area contributed by atoms with E-state index in [1.807, 2.05) is 102 Å². The third-order valence-electron chi connectivity index (χ3n) is 8.48. The molecule has 2 atom stereocenters. The fourth-order valence-electron chi connectivity index (χ4n) is 5.24. The summed E-state index contributed by atoms with van der Waals surface area (Å²) in [6.07, 6.45) is 1.000. The van der Waals surface area contributed by atoms with Crippen LogP contribution >= 0.6 is 0 Å². The molecule has 0 aliphatic rings. The third-order valence-corrected chi connectivity index (χ3v) is 10.3. The Bertz CT molecular complexity index is 1740. The second kappa shape index (κ2) is 15.2. The molecule has 0 saturated heterocycles. The normalized spacial score (nSPS) is 12.7. The van der Waals surface area contributed by atoms with Gasteiger partial charge in [-0.1, -0.05) is 96.9 Å². The van der Waals surface area contributed by atoms with E-state index in [9.17, 15) is 18.0 Å². The summed E-state index contributed by atoms with van der Waals surface area (Å²) in [5.41, 5.74) is 5.82. The number of carbonyl (C=O) groups is 2. The van der Waals surface area contributed by atoms with Gasteiger partial charge in [0, 0.05) is 19.0 Å². The van der Waals surface area contributed by atoms with Crippen molar-refractivity contribution >= 4 is 27.5 Å². The lowest BCUT2D eigenvalue weighted by Crippen LogP contribution is -2.54. The fourth-order valence-corrected chi connectivity index (χ4v) is 6.71. The maximum Gasteiger partial charge on any atom is 0.264 e. The van der Waals surface area contributed by atoms with E-state index in [2.05, 4.69) is 5.32 Å². The lowest BCUT2D eigenvalue weighted by Gasteiger charge is -2.34. The first kappa shape index (κ1) is 34.4. The molecule has 0 aliphatic carbocycles. The van der Waals surface area contributed by atoms with Crippen molar-refractivity contribution in [1.29, 1.82) is 0 Å². The number of anilines is 1. The minimum atomic E-state index is -4.16. The van der Waals surface area contributed by atoms with Crippen LogP contribution in [-0.2, 0) is 32.6 Å². The Kier molecular flexibility index (Phi) is 11.4. The van der Waals surface area contributed by atoms with Crippen LogP contribution in [0, 0.1) is 27.7 Å². The van der Waals surface area contributed by atoms with Crippen LogP contribution in [0.25, 0.3) is 0 Å². The molecule has 2 amide bonds. The molecular weight excluding hydrogens is 595 g/mol. The van der Waals surface area contributed by atoms with Crippen LogP contribution in [-0.4, -0.2) is 43.8 Å². The monoisotopic (exact) mass is 639 g/mol. The Morgan fingerprint density at radius 1 is 0.761 bits per heavy atom. The van der Waals surface area contributed by atoms with Crippen LogP contribution in [0.5, 0.6) is 0 Å². The summed E-state index contributed by atoms with van der Waals surface area (Å²) in [5, 5.41) is 3.08. The number of rotatable bonds is 13. The molecule has 1 N–H and O–H groups in total. The molecule has 4 rings (SSSR count). The Morgan fingerprint density at radius 2 is 1.37 bits per heavy atom. The SMILES string of the molecule is CC[C@H](C)NC(=O)[C@H](Cc1ccccc1)N(Cc1ccc(C)cc1)C(=O)CN(c1cccc(C)c1C)S(=O)(=O)c1ccc(C)cc1. The molecule has 0 aromatic heterocycles. The molecule has 0 spiro atoms. The van der Waals surface area contributed by atoms with E-state index in [0.717, 1.165) is 39.8 Å². The van der Waals surface area contributed by atoms with Gasteiger partial charge >= 0.3 is 0 Å². The van der Waals surface area contributed by atoms with Gasteiger partial charge in [-0.25, -0.2) is 8.42 Å². The molecule has 4 aromatic carbocycles. The molecule has 0 aliphatic heterocycles. The predicted molar refractivity (Wildman–Crippen MR) is 185 cm³/mol. The molecule has 46 heavy (non-hydrogen) atoms. The molecule has 0 radical (unpaired) electrons. The van der Waals surface area contributed by atoms with Crippen LogP contribution in [0.2, 0.25) is 0 Å². The zero-order valence-electron chi connectivity index (χ0n) is 27.7. The van der Waals surface area contributed by atoms with E-state index in [-0.39, 0.29) is 29.8 Å². The van der Waals surface area contributed by atoms with Crippen molar-refractivity contribution in [3.8, 4) is 0 Å². The average molecular weight is 640 g/mol. The highest BCUT2D eigenvalue weighted by atomic mass is 32.2. The van der Waals surface area contributed by atoms with Crippen molar-refractivity contribution < 1.29 is 18.0 Å². The molecule has 4 aromatic rings. The zero-order chi connectivity index (χ0) is 33.4. The largest absolute Gasteiger partial charge is 0.352 e. The summed E-state index contributed by atoms with van der Waals surface area (Å²) in [6, 6.07) is 28.5. The first-order valence-electron chi connectivity index (χ1n) is 15.8. The average Bonchev–Trinajstić information content (AvgIpc) is 3.04. The van der Waals surface area contributed by atoms with Gasteiger partial charge in [0.15, 0.2) is 0 Å². The quantitative estimate of drug-likeness (QED) is 0.177. The van der Waals surface area contributed by atoms with Crippen LogP contribution in [0.1, 0.15) is 53.6 Å². The topological polar surface area (TPSA) is 86.8 Å². The van der Waals surface area contributed by atoms with Gasteiger partial charge in [-0.15, -0.1) is 0 Å². The Morgan fingerprint density at radius 3 is 1.98 bits per heavy atom. The van der Waals surface area contributed by atoms with Crippen LogP contribution in [0.15, 0.2) is 102 Å². The van der Waals surface area contributed by atoms with Crippen molar-refractivity contribution in [1.82, 2.24) is 10.2 Å². The molecule has 7 nitrogen and oxygen atoms in total. The van der Waals surface area contributed by atoms with Gasteiger partial charge < -0.3 is 10.2 Å². The Balaban J connectivity index is 1.83. The van der Waals surface area contributed by atoms with E-state index < -0.39 is 28.5 Å². The minimum absolute atomic E-state index is 0.0900. The maximum atomic E-state index is 14.7. The Labute approximate surface area is 274 Å². The second-order valence-corrected chi connectivity index (χ2v) is 13.9. The number of carbonyl (C=O) groups excluding carboxylic acids is 2. The third kappa shape index (κ3) is 8.43. The van der Waals surface area contributed by atoms with Crippen LogP contribution < -0.4 is 9.62 Å². The maximum absolute atomic E-state index is 14.7. The summed E-state index contributed by atoms with van der Waals surface area (Å²) in [7, 11) is -4.16. The van der Waals surface area contributed by atoms with Crippen LogP contribution in [0.3, 0.4) is 0 Å². The number of nitrogens with zero attached hydrogens (tertiary/aromatic N) is 2. The van der Waals surface area contributed by atoms with E-state index in [1.54, 1.807) is 36.4 Å². The summed E-state index contributed by atoms with van der Waals surface area (Å²) >= 11 is 0. The number of amides is 2. The highest BCUT2D eigenvalue weighted by Gasteiger charge is 2.35. The number of sulfonamides is 1. The lowest BCUT2D eigenvalue weighted by molar-refractivity contribution is -0.140. The molecule has 242 valence electrons. The molecule has 0 fully saturated rings. The summed E-state index contributed by atoms with van der Waals surface area (Å²) in [6.45, 7) is 11.2. The van der Waals surface area contributed by atoms with E-state index in [1.165, 1.54) is 9.21 Å². The number of hydrogen-bond acceptors (Lipinski definition) is 4. The number of aryl methyl sites for hydroxylation is 3. The summed E-state index contributed by atoms with van der Waals surface area (Å²) < 4.78 is 29.8. The van der Waals surface area contributed by atoms with Crippen LogP contribution in [0.4, 0.5) is 5.69 Å². The summed E-state index contributed by atoms with van der Waals surface area (Å²) in [5.74, 6) is -0.754. The van der Waals surface area contributed by atoms with E-state index in [4.69, 9.17) is 0 Å². The van der Waals surface area contributed by atoms with E-state index in [0.29, 0.717) is 5.69 Å². The predicted octanol–water partition coefficient (Wildman–Crippen LogP) is 6.67. The molecule has 0 bridgehead atoms. The standard InChI is InChI=1S/C38H45N3O4S/c1-7-30(5)39-38(43)36(24-32-13-9-8-10-14-32)40(25-33-20-16-27(2)17-21-33)37(42)26-41(35-15-11-12-29(4)31(35)6)46(44,45)34-22-18-28(3)19-23-34/h8-23,30,36H,7,24-26H2,1-6H3,(H,39,43)/t30-,36-/m0/s1. The van der Waals surface area contributed by atoms with Gasteiger partial charge in [-0.05, 0) is 81.5 Å². The minimum Gasteiger partial charge on any atom is -0.352 e. The van der Waals surface area contributed by atoms with E-state index >= 15 is 0 Å². The van der Waals surface area contributed by atoms with Crippen molar-refractivity contribution in [3.63, 3.8) is 0 Å². The smallest absolute Gasteiger partial charge is 0.264 e.